The van der Waals surface area contributed by atoms with Crippen molar-refractivity contribution in [3.8, 4) is 0 Å². The lowest BCUT2D eigenvalue weighted by molar-refractivity contribution is -0.117. The maximum Gasteiger partial charge on any atom is 0.287 e. The van der Waals surface area contributed by atoms with Gasteiger partial charge in [-0.1, -0.05) is 36.7 Å². The van der Waals surface area contributed by atoms with Gasteiger partial charge in [0.1, 0.15) is 23.1 Å². The van der Waals surface area contributed by atoms with E-state index >= 15 is 0 Å². The van der Waals surface area contributed by atoms with Gasteiger partial charge < -0.3 is 15.2 Å². The Morgan fingerprint density at radius 1 is 1.05 bits per heavy atom. The molecule has 5 aromatic rings. The standard InChI is InChI=1S/C28H22ClF2N7O3S/c1-14(39)13-38-24(15(2)19-9-16(30)7-8-20(19)29)25(36-27(40)23-18-5-3-4-6-21(18)42-37-23)35-26(38)28(41)34-12-22-32-10-17(31)11-33-22/h3-11,15H,12-13H2,1-2H3,(H,34,41)(H,36,40)/t15-/m0/s1. The predicted molar refractivity (Wildman–Crippen MR) is 153 cm³/mol. The first-order chi connectivity index (χ1) is 20.1. The number of amides is 2. The normalized spacial score (nSPS) is 11.8. The SMILES string of the molecule is CC(=O)Cn1c(C(=O)NCc2ncc(F)cn2)nc(NC(=O)c2nsc3ccccc23)c1[C@@H](C)c1cc(F)ccc1Cl. The number of imidazole rings is 1. The lowest BCUT2D eigenvalue weighted by atomic mass is 9.96. The summed E-state index contributed by atoms with van der Waals surface area (Å²) >= 11 is 7.57. The number of nitrogens with zero attached hydrogens (tertiary/aromatic N) is 5. The summed E-state index contributed by atoms with van der Waals surface area (Å²) in [5.74, 6) is -3.64. The summed E-state index contributed by atoms with van der Waals surface area (Å²) in [4.78, 5) is 51.3. The second kappa shape index (κ2) is 12.1. The molecule has 0 fully saturated rings. The molecule has 3 aromatic heterocycles. The van der Waals surface area contributed by atoms with E-state index < -0.39 is 29.4 Å². The van der Waals surface area contributed by atoms with Crippen molar-refractivity contribution >= 4 is 56.6 Å². The van der Waals surface area contributed by atoms with Gasteiger partial charge in [-0.3, -0.25) is 14.4 Å². The van der Waals surface area contributed by atoms with Crippen LogP contribution < -0.4 is 10.6 Å². The van der Waals surface area contributed by atoms with Crippen LogP contribution in [0.1, 0.15) is 58.0 Å². The molecule has 0 saturated heterocycles. The van der Waals surface area contributed by atoms with Crippen molar-refractivity contribution in [3.05, 3.63) is 100 Å². The fraction of sp³-hybridized carbons (Fsp3) is 0.179. The van der Waals surface area contributed by atoms with Gasteiger partial charge in [0.05, 0.1) is 35.9 Å². The second-order valence-corrected chi connectivity index (χ2v) is 10.5. The highest BCUT2D eigenvalue weighted by Gasteiger charge is 2.30. The highest BCUT2D eigenvalue weighted by Crippen LogP contribution is 2.36. The van der Waals surface area contributed by atoms with E-state index in [0.717, 1.165) is 28.6 Å². The summed E-state index contributed by atoms with van der Waals surface area (Å²) in [5.41, 5.74) is 0.745. The average Bonchev–Trinajstić information content (AvgIpc) is 3.55. The molecule has 0 spiro atoms. The van der Waals surface area contributed by atoms with Crippen LogP contribution in [0.15, 0.2) is 54.9 Å². The molecule has 0 saturated carbocycles. The number of nitrogens with one attached hydrogen (secondary N) is 2. The Bertz CT molecular complexity index is 1820. The molecule has 14 heteroatoms. The number of anilines is 1. The largest absolute Gasteiger partial charge is 0.342 e. The number of rotatable bonds is 9. The average molecular weight is 610 g/mol. The molecular weight excluding hydrogens is 588 g/mol. The minimum Gasteiger partial charge on any atom is -0.342 e. The second-order valence-electron chi connectivity index (χ2n) is 9.33. The number of aromatic nitrogens is 5. The van der Waals surface area contributed by atoms with Crippen molar-refractivity contribution in [2.45, 2.75) is 32.9 Å². The first-order valence-electron chi connectivity index (χ1n) is 12.6. The molecule has 2 N–H and O–H groups in total. The molecule has 1 atom stereocenters. The maximum atomic E-state index is 14.3. The van der Waals surface area contributed by atoms with Gasteiger partial charge in [0.15, 0.2) is 11.6 Å². The molecule has 3 heterocycles. The molecule has 0 bridgehead atoms. The molecule has 10 nitrogen and oxygen atoms in total. The van der Waals surface area contributed by atoms with Gasteiger partial charge in [0.25, 0.3) is 11.8 Å². The summed E-state index contributed by atoms with van der Waals surface area (Å²) in [6, 6.07) is 11.0. The van der Waals surface area contributed by atoms with E-state index in [-0.39, 0.29) is 52.7 Å². The van der Waals surface area contributed by atoms with E-state index in [1.807, 2.05) is 12.1 Å². The van der Waals surface area contributed by atoms with Crippen LogP contribution in [-0.2, 0) is 17.9 Å². The lowest BCUT2D eigenvalue weighted by Gasteiger charge is -2.19. The van der Waals surface area contributed by atoms with Gasteiger partial charge in [0, 0.05) is 16.3 Å². The van der Waals surface area contributed by atoms with Crippen molar-refractivity contribution in [2.24, 2.45) is 0 Å². The number of Topliss-reactive ketones (excluding diaryl/α,β-unsaturated/α-hetero) is 1. The predicted octanol–water partition coefficient (Wildman–Crippen LogP) is 5.14. The number of ketones is 1. The van der Waals surface area contributed by atoms with E-state index in [2.05, 4.69) is 30.0 Å². The zero-order chi connectivity index (χ0) is 30.0. The third-order valence-electron chi connectivity index (χ3n) is 6.33. The number of carbonyl (C=O) groups is 3. The monoisotopic (exact) mass is 609 g/mol. The fourth-order valence-corrected chi connectivity index (χ4v) is 5.49. The van der Waals surface area contributed by atoms with Gasteiger partial charge in [0.2, 0.25) is 5.82 Å². The zero-order valence-corrected chi connectivity index (χ0v) is 23.8. The summed E-state index contributed by atoms with van der Waals surface area (Å²) in [6.45, 7) is 2.57. The number of hydrogen-bond donors (Lipinski definition) is 2. The fourth-order valence-electron chi connectivity index (χ4n) is 4.43. The van der Waals surface area contributed by atoms with Gasteiger partial charge in [-0.25, -0.2) is 23.7 Å². The Hall–Kier alpha value is -4.62. The van der Waals surface area contributed by atoms with Crippen molar-refractivity contribution in [3.63, 3.8) is 0 Å². The number of hydrogen-bond acceptors (Lipinski definition) is 8. The Kier molecular flexibility index (Phi) is 8.31. The van der Waals surface area contributed by atoms with Crippen LogP contribution in [0.2, 0.25) is 5.02 Å². The van der Waals surface area contributed by atoms with E-state index in [9.17, 15) is 23.2 Å². The molecule has 2 amide bonds. The van der Waals surface area contributed by atoms with Crippen molar-refractivity contribution in [1.82, 2.24) is 29.2 Å². The number of carbonyl (C=O) groups excluding carboxylic acids is 3. The van der Waals surface area contributed by atoms with Crippen LogP contribution in [0, 0.1) is 11.6 Å². The van der Waals surface area contributed by atoms with E-state index in [1.54, 1.807) is 19.1 Å². The highest BCUT2D eigenvalue weighted by molar-refractivity contribution is 7.13. The molecule has 0 radical (unpaired) electrons. The smallest absolute Gasteiger partial charge is 0.287 e. The van der Waals surface area contributed by atoms with Gasteiger partial charge in [-0.15, -0.1) is 0 Å². The number of fused-ring (bicyclic) bond motifs is 1. The first kappa shape index (κ1) is 28.9. The molecule has 214 valence electrons. The maximum absolute atomic E-state index is 14.3. The summed E-state index contributed by atoms with van der Waals surface area (Å²) in [5, 5.41) is 6.21. The van der Waals surface area contributed by atoms with Gasteiger partial charge in [-0.2, -0.15) is 4.37 Å². The van der Waals surface area contributed by atoms with E-state index in [4.69, 9.17) is 11.6 Å². The Labute approximate surface area is 247 Å². The summed E-state index contributed by atoms with van der Waals surface area (Å²) in [7, 11) is 0. The van der Waals surface area contributed by atoms with Crippen LogP contribution in [0.3, 0.4) is 0 Å². The third-order valence-corrected chi connectivity index (χ3v) is 7.50. The Morgan fingerprint density at radius 2 is 1.79 bits per heavy atom. The number of benzene rings is 2. The molecule has 2 aromatic carbocycles. The minimum atomic E-state index is -0.732. The van der Waals surface area contributed by atoms with Crippen LogP contribution in [-0.4, -0.2) is 41.5 Å². The summed E-state index contributed by atoms with van der Waals surface area (Å²) < 4.78 is 33.9. The molecule has 0 unspecified atom stereocenters. The van der Waals surface area contributed by atoms with Gasteiger partial charge >= 0.3 is 0 Å². The topological polar surface area (TPSA) is 132 Å². The summed E-state index contributed by atoms with van der Waals surface area (Å²) in [6.07, 6.45) is 1.92. The highest BCUT2D eigenvalue weighted by atomic mass is 35.5. The van der Waals surface area contributed by atoms with Crippen LogP contribution in [0.25, 0.3) is 10.1 Å². The van der Waals surface area contributed by atoms with Crippen molar-refractivity contribution in [2.75, 3.05) is 5.32 Å². The molecule has 42 heavy (non-hydrogen) atoms. The van der Waals surface area contributed by atoms with Crippen LogP contribution in [0.4, 0.5) is 14.6 Å². The van der Waals surface area contributed by atoms with Gasteiger partial charge in [-0.05, 0) is 48.3 Å². The molecule has 0 aliphatic carbocycles. The van der Waals surface area contributed by atoms with E-state index in [1.165, 1.54) is 29.7 Å². The minimum absolute atomic E-state index is 0.0330. The van der Waals surface area contributed by atoms with Crippen molar-refractivity contribution in [1.29, 1.82) is 0 Å². The Balaban J connectivity index is 1.59. The molecule has 5 rings (SSSR count). The molecule has 0 aliphatic heterocycles. The third kappa shape index (κ3) is 6.02. The van der Waals surface area contributed by atoms with Crippen LogP contribution in [0.5, 0.6) is 0 Å². The first-order valence-corrected chi connectivity index (χ1v) is 13.7. The van der Waals surface area contributed by atoms with E-state index in [0.29, 0.717) is 10.9 Å². The molecular formula is C28H22ClF2N7O3S. The zero-order valence-electron chi connectivity index (χ0n) is 22.2. The lowest BCUT2D eigenvalue weighted by Crippen LogP contribution is -2.28. The van der Waals surface area contributed by atoms with Crippen molar-refractivity contribution < 1.29 is 23.2 Å². The molecule has 0 aliphatic rings. The quantitative estimate of drug-likeness (QED) is 0.237. The van der Waals surface area contributed by atoms with Crippen LogP contribution >= 0.6 is 23.1 Å². The number of halogens is 3. The Morgan fingerprint density at radius 3 is 2.52 bits per heavy atom.